The summed E-state index contributed by atoms with van der Waals surface area (Å²) in [7, 11) is 0. The van der Waals surface area contributed by atoms with E-state index in [0.717, 1.165) is 24.3 Å². The molecule has 0 radical (unpaired) electrons. The standard InChI is InChI=1S/C21H39NO/c1-4-15-8-9-18-17(13-22)19(10-12-21(15,18)3)20(2)11-6-5-7-16(20)14-23/h15-19,23H,4-14,22H2,1-3H3/t15-,16+,17-,18-,19-,20?,21+/m0/s1. The van der Waals surface area contributed by atoms with E-state index in [4.69, 9.17) is 5.73 Å². The first-order valence-corrected chi connectivity index (χ1v) is 10.3. The number of aliphatic hydroxyl groups is 1. The molecule has 23 heavy (non-hydrogen) atoms. The molecule has 3 saturated carbocycles. The molecule has 0 saturated heterocycles. The van der Waals surface area contributed by atoms with Gasteiger partial charge < -0.3 is 10.8 Å². The average Bonchev–Trinajstić information content (AvgIpc) is 2.90. The quantitative estimate of drug-likeness (QED) is 0.794. The topological polar surface area (TPSA) is 46.2 Å². The number of nitrogens with two attached hydrogens (primary N) is 1. The lowest BCUT2D eigenvalue weighted by Crippen LogP contribution is -2.52. The van der Waals surface area contributed by atoms with Gasteiger partial charge in [-0.15, -0.1) is 0 Å². The molecule has 1 unspecified atom stereocenters. The molecule has 0 heterocycles. The highest BCUT2D eigenvalue weighted by Crippen LogP contribution is 2.64. The van der Waals surface area contributed by atoms with Crippen LogP contribution in [0.4, 0.5) is 0 Å². The van der Waals surface area contributed by atoms with Crippen molar-refractivity contribution in [1.82, 2.24) is 0 Å². The number of hydrogen-bond acceptors (Lipinski definition) is 2. The van der Waals surface area contributed by atoms with E-state index in [1.54, 1.807) is 0 Å². The van der Waals surface area contributed by atoms with E-state index in [2.05, 4.69) is 20.8 Å². The monoisotopic (exact) mass is 321 g/mol. The van der Waals surface area contributed by atoms with Crippen molar-refractivity contribution in [2.24, 2.45) is 46.2 Å². The minimum absolute atomic E-state index is 0.322. The zero-order valence-electron chi connectivity index (χ0n) is 15.7. The van der Waals surface area contributed by atoms with Gasteiger partial charge in [-0.3, -0.25) is 0 Å². The van der Waals surface area contributed by atoms with E-state index in [1.807, 2.05) is 0 Å². The third kappa shape index (κ3) is 2.68. The summed E-state index contributed by atoms with van der Waals surface area (Å²) in [6.45, 7) is 8.69. The van der Waals surface area contributed by atoms with Crippen molar-refractivity contribution < 1.29 is 5.11 Å². The molecule has 3 aliphatic rings. The fraction of sp³-hybridized carbons (Fsp3) is 1.00. The summed E-state index contributed by atoms with van der Waals surface area (Å²) >= 11 is 0. The van der Waals surface area contributed by atoms with Gasteiger partial charge in [0.2, 0.25) is 0 Å². The van der Waals surface area contributed by atoms with Gasteiger partial charge in [-0.1, -0.05) is 40.0 Å². The van der Waals surface area contributed by atoms with E-state index in [-0.39, 0.29) is 0 Å². The third-order valence-corrected chi connectivity index (χ3v) is 8.92. The van der Waals surface area contributed by atoms with Gasteiger partial charge in [0.15, 0.2) is 0 Å². The van der Waals surface area contributed by atoms with Crippen LogP contribution in [0.15, 0.2) is 0 Å². The van der Waals surface area contributed by atoms with Gasteiger partial charge in [0.05, 0.1) is 0 Å². The number of fused-ring (bicyclic) bond motifs is 1. The lowest BCUT2D eigenvalue weighted by molar-refractivity contribution is -0.0829. The van der Waals surface area contributed by atoms with E-state index in [0.29, 0.717) is 29.3 Å². The van der Waals surface area contributed by atoms with Crippen LogP contribution < -0.4 is 5.73 Å². The van der Waals surface area contributed by atoms with Crippen LogP contribution in [0.5, 0.6) is 0 Å². The highest BCUT2D eigenvalue weighted by atomic mass is 16.3. The molecule has 2 heteroatoms. The fourth-order valence-corrected chi connectivity index (χ4v) is 7.43. The van der Waals surface area contributed by atoms with Crippen molar-refractivity contribution in [3.8, 4) is 0 Å². The zero-order chi connectivity index (χ0) is 16.7. The van der Waals surface area contributed by atoms with Crippen LogP contribution in [0, 0.1) is 40.4 Å². The number of aliphatic hydroxyl groups excluding tert-OH is 1. The Hall–Kier alpha value is -0.0800. The highest BCUT2D eigenvalue weighted by molar-refractivity contribution is 5.06. The average molecular weight is 322 g/mol. The minimum Gasteiger partial charge on any atom is -0.396 e. The van der Waals surface area contributed by atoms with Crippen molar-refractivity contribution in [3.05, 3.63) is 0 Å². The summed E-state index contributed by atoms with van der Waals surface area (Å²) in [5, 5.41) is 10.0. The van der Waals surface area contributed by atoms with Gasteiger partial charge in [-0.05, 0) is 85.5 Å². The smallest absolute Gasteiger partial charge is 0.0464 e. The molecule has 7 atom stereocenters. The summed E-state index contributed by atoms with van der Waals surface area (Å²) in [5.41, 5.74) is 7.24. The first-order chi connectivity index (χ1) is 11.0. The lowest BCUT2D eigenvalue weighted by atomic mass is 9.49. The first kappa shape index (κ1) is 17.7. The molecule has 0 spiro atoms. The van der Waals surface area contributed by atoms with Gasteiger partial charge in [0.1, 0.15) is 0 Å². The molecule has 0 aromatic carbocycles. The van der Waals surface area contributed by atoms with Crippen molar-refractivity contribution in [2.75, 3.05) is 13.2 Å². The minimum atomic E-state index is 0.322. The Kier molecular flexibility index (Phi) is 5.14. The Bertz CT molecular complexity index is 411. The summed E-state index contributed by atoms with van der Waals surface area (Å²) in [6.07, 6.45) is 12.1. The Morgan fingerprint density at radius 3 is 2.26 bits per heavy atom. The molecule has 134 valence electrons. The summed E-state index contributed by atoms with van der Waals surface area (Å²) < 4.78 is 0. The van der Waals surface area contributed by atoms with E-state index in [9.17, 15) is 5.11 Å². The van der Waals surface area contributed by atoms with Gasteiger partial charge >= 0.3 is 0 Å². The van der Waals surface area contributed by atoms with Crippen LogP contribution in [-0.4, -0.2) is 18.3 Å². The molecule has 2 nitrogen and oxygen atoms in total. The maximum absolute atomic E-state index is 10.0. The fourth-order valence-electron chi connectivity index (χ4n) is 7.43. The Balaban J connectivity index is 1.87. The zero-order valence-corrected chi connectivity index (χ0v) is 15.7. The third-order valence-electron chi connectivity index (χ3n) is 8.92. The predicted molar refractivity (Wildman–Crippen MR) is 97.0 cm³/mol. The van der Waals surface area contributed by atoms with Gasteiger partial charge in [0, 0.05) is 6.61 Å². The molecule has 0 aromatic heterocycles. The Morgan fingerprint density at radius 2 is 1.61 bits per heavy atom. The van der Waals surface area contributed by atoms with Crippen LogP contribution in [0.3, 0.4) is 0 Å². The Labute approximate surface area is 143 Å². The van der Waals surface area contributed by atoms with Gasteiger partial charge in [0.25, 0.3) is 0 Å². The second kappa shape index (κ2) is 6.67. The molecule has 3 N–H and O–H groups in total. The van der Waals surface area contributed by atoms with Crippen molar-refractivity contribution in [1.29, 1.82) is 0 Å². The number of hydrogen-bond donors (Lipinski definition) is 2. The number of rotatable bonds is 4. The van der Waals surface area contributed by atoms with E-state index in [1.165, 1.54) is 57.8 Å². The maximum Gasteiger partial charge on any atom is 0.0464 e. The predicted octanol–water partition coefficient (Wildman–Crippen LogP) is 4.60. The van der Waals surface area contributed by atoms with E-state index >= 15 is 0 Å². The second-order valence-electron chi connectivity index (χ2n) is 9.47. The molecule has 3 aliphatic carbocycles. The normalized spacial score (nSPS) is 50.7. The largest absolute Gasteiger partial charge is 0.396 e. The SMILES string of the molecule is CC[C@H]1CC[C@H]2[C@H](CN)[C@@H](C3(C)CCCC[C@@H]3CO)CC[C@]12C. The Morgan fingerprint density at radius 1 is 0.913 bits per heavy atom. The van der Waals surface area contributed by atoms with Crippen molar-refractivity contribution in [3.63, 3.8) is 0 Å². The molecule has 3 rings (SSSR count). The lowest BCUT2D eigenvalue weighted by Gasteiger charge is -2.56. The maximum atomic E-state index is 10.0. The second-order valence-corrected chi connectivity index (χ2v) is 9.47. The van der Waals surface area contributed by atoms with Gasteiger partial charge in [-0.25, -0.2) is 0 Å². The van der Waals surface area contributed by atoms with Crippen LogP contribution in [-0.2, 0) is 0 Å². The molecular weight excluding hydrogens is 282 g/mol. The molecule has 3 fully saturated rings. The summed E-state index contributed by atoms with van der Waals surface area (Å²) in [4.78, 5) is 0. The van der Waals surface area contributed by atoms with Crippen LogP contribution >= 0.6 is 0 Å². The van der Waals surface area contributed by atoms with Crippen LogP contribution in [0.25, 0.3) is 0 Å². The molecule has 0 aliphatic heterocycles. The first-order valence-electron chi connectivity index (χ1n) is 10.3. The molecular formula is C21H39NO. The molecule has 0 bridgehead atoms. The summed E-state index contributed by atoms with van der Waals surface area (Å²) in [5.74, 6) is 3.66. The molecule has 0 aromatic rings. The van der Waals surface area contributed by atoms with Crippen LogP contribution in [0.2, 0.25) is 0 Å². The van der Waals surface area contributed by atoms with E-state index < -0.39 is 0 Å². The van der Waals surface area contributed by atoms with Gasteiger partial charge in [-0.2, -0.15) is 0 Å². The van der Waals surface area contributed by atoms with Crippen molar-refractivity contribution >= 4 is 0 Å². The highest BCUT2D eigenvalue weighted by Gasteiger charge is 2.57. The van der Waals surface area contributed by atoms with Crippen LogP contribution in [0.1, 0.15) is 78.6 Å². The summed E-state index contributed by atoms with van der Waals surface area (Å²) in [6, 6.07) is 0. The molecule has 0 amide bonds. The van der Waals surface area contributed by atoms with Crippen molar-refractivity contribution in [2.45, 2.75) is 78.6 Å².